The number of nitrogens with two attached hydrogens (primary N) is 2. The largest absolute Gasteiger partial charge is 0.382 e. The zero-order valence-electron chi connectivity index (χ0n) is 10.4. The third-order valence-corrected chi connectivity index (χ3v) is 3.65. The predicted octanol–water partition coefficient (Wildman–Crippen LogP) is 0.295. The van der Waals surface area contributed by atoms with Crippen molar-refractivity contribution in [2.45, 2.75) is 31.7 Å². The maximum Gasteiger partial charge on any atom is 0.265 e. The molecule has 1 aliphatic carbocycles. The molecule has 2 rings (SSSR count). The van der Waals surface area contributed by atoms with Crippen LogP contribution in [-0.2, 0) is 4.79 Å². The summed E-state index contributed by atoms with van der Waals surface area (Å²) in [5.74, 6) is -0.397. The summed E-state index contributed by atoms with van der Waals surface area (Å²) < 4.78 is 0. The summed E-state index contributed by atoms with van der Waals surface area (Å²) in [5.41, 5.74) is 10.7. The van der Waals surface area contributed by atoms with Crippen molar-refractivity contribution in [1.29, 1.82) is 0 Å². The number of rotatable bonds is 7. The molecule has 1 aliphatic rings. The molecule has 1 aromatic rings. The number of thiazole rings is 1. The van der Waals surface area contributed by atoms with Gasteiger partial charge in [-0.2, -0.15) is 0 Å². The van der Waals surface area contributed by atoms with Crippen LogP contribution in [0.5, 0.6) is 0 Å². The molecular formula is C11H17N5O2S. The van der Waals surface area contributed by atoms with E-state index in [1.165, 1.54) is 11.3 Å². The molecule has 0 unspecified atom stereocenters. The van der Waals surface area contributed by atoms with Gasteiger partial charge in [-0.1, -0.05) is 11.3 Å². The standard InChI is InChI=1S/C11H17N5O2S/c12-7(17)2-1-5-14-10(18)8-9(13)16-11(19-8)15-6-3-4-6/h6H,1-5,13H2,(H2,12,17)(H,14,18)(H,15,16). The highest BCUT2D eigenvalue weighted by molar-refractivity contribution is 7.18. The van der Waals surface area contributed by atoms with Gasteiger partial charge < -0.3 is 22.1 Å². The second-order valence-corrected chi connectivity index (χ2v) is 5.48. The Morgan fingerprint density at radius 1 is 1.42 bits per heavy atom. The minimum atomic E-state index is -0.373. The van der Waals surface area contributed by atoms with Crippen LogP contribution < -0.4 is 22.1 Å². The number of nitrogens with one attached hydrogen (secondary N) is 2. The van der Waals surface area contributed by atoms with Crippen molar-refractivity contribution < 1.29 is 9.59 Å². The van der Waals surface area contributed by atoms with E-state index in [2.05, 4.69) is 15.6 Å². The van der Waals surface area contributed by atoms with Gasteiger partial charge in [0, 0.05) is 19.0 Å². The quantitative estimate of drug-likeness (QED) is 0.536. The van der Waals surface area contributed by atoms with Crippen molar-refractivity contribution in [3.63, 3.8) is 0 Å². The zero-order valence-corrected chi connectivity index (χ0v) is 11.3. The molecule has 8 heteroatoms. The number of anilines is 2. The minimum absolute atomic E-state index is 0.237. The number of hydrogen-bond acceptors (Lipinski definition) is 6. The zero-order chi connectivity index (χ0) is 13.8. The van der Waals surface area contributed by atoms with Crippen LogP contribution in [0.25, 0.3) is 0 Å². The molecule has 6 N–H and O–H groups in total. The summed E-state index contributed by atoms with van der Waals surface area (Å²) in [4.78, 5) is 26.9. The molecule has 0 bridgehead atoms. The van der Waals surface area contributed by atoms with Crippen molar-refractivity contribution in [3.8, 4) is 0 Å². The summed E-state index contributed by atoms with van der Waals surface area (Å²) in [5, 5.41) is 6.58. The van der Waals surface area contributed by atoms with Crippen LogP contribution in [0, 0.1) is 0 Å². The number of nitrogen functional groups attached to an aromatic ring is 1. The molecular weight excluding hydrogens is 266 g/mol. The Morgan fingerprint density at radius 3 is 2.79 bits per heavy atom. The van der Waals surface area contributed by atoms with Crippen LogP contribution >= 0.6 is 11.3 Å². The van der Waals surface area contributed by atoms with Crippen molar-refractivity contribution in [3.05, 3.63) is 4.88 Å². The molecule has 0 saturated heterocycles. The van der Waals surface area contributed by atoms with Gasteiger partial charge in [0.1, 0.15) is 10.7 Å². The molecule has 0 atom stereocenters. The number of aromatic nitrogens is 1. The van der Waals surface area contributed by atoms with Gasteiger partial charge in [0.25, 0.3) is 5.91 Å². The smallest absolute Gasteiger partial charge is 0.265 e. The van der Waals surface area contributed by atoms with Gasteiger partial charge in [-0.3, -0.25) is 9.59 Å². The lowest BCUT2D eigenvalue weighted by Crippen LogP contribution is -2.25. The summed E-state index contributed by atoms with van der Waals surface area (Å²) in [6.07, 6.45) is 3.04. The van der Waals surface area contributed by atoms with Crippen molar-refractivity contribution in [2.75, 3.05) is 17.6 Å². The molecule has 19 heavy (non-hydrogen) atoms. The molecule has 1 saturated carbocycles. The first-order chi connectivity index (χ1) is 9.06. The van der Waals surface area contributed by atoms with Crippen LogP contribution in [0.2, 0.25) is 0 Å². The Morgan fingerprint density at radius 2 is 2.16 bits per heavy atom. The second-order valence-electron chi connectivity index (χ2n) is 4.48. The molecule has 1 fully saturated rings. The predicted molar refractivity (Wildman–Crippen MR) is 73.9 cm³/mol. The van der Waals surface area contributed by atoms with Crippen LogP contribution in [0.15, 0.2) is 0 Å². The molecule has 0 spiro atoms. The van der Waals surface area contributed by atoms with E-state index in [0.29, 0.717) is 29.0 Å². The lowest BCUT2D eigenvalue weighted by Gasteiger charge is -2.02. The summed E-state index contributed by atoms with van der Waals surface area (Å²) in [7, 11) is 0. The van der Waals surface area contributed by atoms with Gasteiger partial charge in [-0.15, -0.1) is 0 Å². The third kappa shape index (κ3) is 4.09. The maximum atomic E-state index is 11.9. The van der Waals surface area contributed by atoms with Crippen LogP contribution in [-0.4, -0.2) is 29.4 Å². The first kappa shape index (κ1) is 13.6. The average Bonchev–Trinajstić information content (AvgIpc) is 3.07. The van der Waals surface area contributed by atoms with E-state index < -0.39 is 0 Å². The van der Waals surface area contributed by atoms with Crippen molar-refractivity contribution >= 4 is 34.1 Å². The Labute approximate surface area is 114 Å². The van der Waals surface area contributed by atoms with Gasteiger partial charge >= 0.3 is 0 Å². The number of primary amides is 1. The van der Waals surface area contributed by atoms with E-state index in [9.17, 15) is 9.59 Å². The molecule has 2 amide bonds. The number of carbonyl (C=O) groups excluding carboxylic acids is 2. The third-order valence-electron chi connectivity index (χ3n) is 2.65. The van der Waals surface area contributed by atoms with Gasteiger partial charge in [-0.05, 0) is 19.3 Å². The van der Waals surface area contributed by atoms with E-state index in [4.69, 9.17) is 11.5 Å². The van der Waals surface area contributed by atoms with E-state index >= 15 is 0 Å². The number of nitrogens with zero attached hydrogens (tertiary/aromatic N) is 1. The molecule has 1 aromatic heterocycles. The summed E-state index contributed by atoms with van der Waals surface area (Å²) in [6.45, 7) is 0.393. The minimum Gasteiger partial charge on any atom is -0.382 e. The highest BCUT2D eigenvalue weighted by Crippen LogP contribution is 2.30. The summed E-state index contributed by atoms with van der Waals surface area (Å²) >= 11 is 1.25. The molecule has 0 radical (unpaired) electrons. The van der Waals surface area contributed by atoms with Gasteiger partial charge in [-0.25, -0.2) is 4.98 Å². The molecule has 104 valence electrons. The first-order valence-corrected chi connectivity index (χ1v) is 6.97. The number of amides is 2. The fraction of sp³-hybridized carbons (Fsp3) is 0.545. The SMILES string of the molecule is NC(=O)CCCNC(=O)c1sc(NC2CC2)nc1N. The highest BCUT2D eigenvalue weighted by atomic mass is 32.1. The Kier molecular flexibility index (Phi) is 4.20. The normalized spacial score (nSPS) is 14.1. The van der Waals surface area contributed by atoms with Gasteiger partial charge in [0.15, 0.2) is 5.13 Å². The number of hydrogen-bond donors (Lipinski definition) is 4. The molecule has 0 aromatic carbocycles. The fourth-order valence-corrected chi connectivity index (χ4v) is 2.38. The Hall–Kier alpha value is -1.83. The Bertz CT molecular complexity index is 483. The maximum absolute atomic E-state index is 11.9. The van der Waals surface area contributed by atoms with E-state index in [0.717, 1.165) is 12.8 Å². The van der Waals surface area contributed by atoms with E-state index in [-0.39, 0.29) is 24.1 Å². The molecule has 7 nitrogen and oxygen atoms in total. The van der Waals surface area contributed by atoms with Crippen LogP contribution in [0.1, 0.15) is 35.4 Å². The van der Waals surface area contributed by atoms with Crippen molar-refractivity contribution in [1.82, 2.24) is 10.3 Å². The van der Waals surface area contributed by atoms with Crippen molar-refractivity contribution in [2.24, 2.45) is 5.73 Å². The topological polar surface area (TPSA) is 123 Å². The lowest BCUT2D eigenvalue weighted by atomic mass is 10.3. The fourth-order valence-electron chi connectivity index (χ4n) is 1.50. The van der Waals surface area contributed by atoms with Gasteiger partial charge in [0.05, 0.1) is 0 Å². The molecule has 0 aliphatic heterocycles. The van der Waals surface area contributed by atoms with Crippen LogP contribution in [0.4, 0.5) is 10.9 Å². The monoisotopic (exact) mass is 283 g/mol. The lowest BCUT2D eigenvalue weighted by molar-refractivity contribution is -0.118. The summed E-state index contributed by atoms with van der Waals surface area (Å²) in [6, 6.07) is 0.469. The van der Waals surface area contributed by atoms with Gasteiger partial charge in [0.2, 0.25) is 5.91 Å². The first-order valence-electron chi connectivity index (χ1n) is 6.15. The van der Waals surface area contributed by atoms with E-state index in [1.807, 2.05) is 0 Å². The van der Waals surface area contributed by atoms with E-state index in [1.54, 1.807) is 0 Å². The number of carbonyl (C=O) groups is 2. The molecule has 1 heterocycles. The van der Waals surface area contributed by atoms with Crippen LogP contribution in [0.3, 0.4) is 0 Å². The Balaban J connectivity index is 1.83. The average molecular weight is 283 g/mol. The second kappa shape index (κ2) is 5.87. The highest BCUT2D eigenvalue weighted by Gasteiger charge is 2.24.